The first-order valence-electron chi connectivity index (χ1n) is 8.22. The summed E-state index contributed by atoms with van der Waals surface area (Å²) in [5, 5.41) is 11.1. The molecule has 0 bridgehead atoms. The summed E-state index contributed by atoms with van der Waals surface area (Å²) in [7, 11) is 1.42. The topological polar surface area (TPSA) is 117 Å². The van der Waals surface area contributed by atoms with Gasteiger partial charge >= 0.3 is 11.9 Å². The number of hydrogen-bond donors (Lipinski definition) is 0. The number of rotatable bonds is 5. The third-order valence-corrected chi connectivity index (χ3v) is 4.94. The fourth-order valence-corrected chi connectivity index (χ4v) is 3.47. The molecule has 9 nitrogen and oxygen atoms in total. The van der Waals surface area contributed by atoms with Crippen LogP contribution >= 0.6 is 34.2 Å². The van der Waals surface area contributed by atoms with E-state index in [2.05, 4.69) is 4.99 Å². The van der Waals surface area contributed by atoms with Gasteiger partial charge in [-0.15, -0.1) is 0 Å². The van der Waals surface area contributed by atoms with Crippen LogP contribution in [0.1, 0.15) is 18.1 Å². The molecule has 0 spiro atoms. The van der Waals surface area contributed by atoms with Crippen LogP contribution in [-0.4, -0.2) is 29.9 Å². The lowest BCUT2D eigenvalue weighted by Gasteiger charge is -2.11. The lowest BCUT2D eigenvalue weighted by atomic mass is 10.1. The number of ether oxygens (including phenoxy) is 3. The molecule has 0 radical (unpaired) electrons. The zero-order chi connectivity index (χ0) is 22.0. The second kappa shape index (κ2) is 8.79. The molecule has 11 heteroatoms. The van der Waals surface area contributed by atoms with Gasteiger partial charge in [0.15, 0.2) is 17.2 Å². The second-order valence-corrected chi connectivity index (χ2v) is 7.45. The van der Waals surface area contributed by atoms with Gasteiger partial charge in [0.2, 0.25) is 5.90 Å². The quantitative estimate of drug-likeness (QED) is 0.139. The van der Waals surface area contributed by atoms with Crippen molar-refractivity contribution in [3.05, 3.63) is 65.9 Å². The lowest BCUT2D eigenvalue weighted by molar-refractivity contribution is -0.384. The van der Waals surface area contributed by atoms with Gasteiger partial charge in [-0.25, -0.2) is 9.79 Å². The Balaban J connectivity index is 2.01. The summed E-state index contributed by atoms with van der Waals surface area (Å²) in [6.45, 7) is 1.27. The fourth-order valence-electron chi connectivity index (χ4n) is 2.54. The standard InChI is InChI=1S/C19H12ClIN2O7/c1-9(24)29-17-14(21)5-10(7-16(17)28-2)6-15-19(25)30-18(22-15)12-8-11(23(26)27)3-4-13(12)20/h3-8H,1-2H3/b15-6+. The van der Waals surface area contributed by atoms with E-state index in [9.17, 15) is 19.7 Å². The summed E-state index contributed by atoms with van der Waals surface area (Å²) < 4.78 is 16.1. The van der Waals surface area contributed by atoms with Gasteiger partial charge in [-0.3, -0.25) is 14.9 Å². The van der Waals surface area contributed by atoms with Crippen LogP contribution in [0.3, 0.4) is 0 Å². The van der Waals surface area contributed by atoms with Crippen LogP contribution in [0.4, 0.5) is 5.69 Å². The van der Waals surface area contributed by atoms with Crippen LogP contribution in [0.25, 0.3) is 6.08 Å². The molecule has 1 aliphatic heterocycles. The summed E-state index contributed by atoms with van der Waals surface area (Å²) in [4.78, 5) is 38.1. The van der Waals surface area contributed by atoms with Crippen molar-refractivity contribution in [2.75, 3.05) is 7.11 Å². The highest BCUT2D eigenvalue weighted by molar-refractivity contribution is 14.1. The number of halogens is 2. The van der Waals surface area contributed by atoms with Gasteiger partial charge in [0, 0.05) is 19.1 Å². The number of methoxy groups -OCH3 is 1. The van der Waals surface area contributed by atoms with E-state index >= 15 is 0 Å². The molecule has 0 saturated heterocycles. The Hall–Kier alpha value is -2.99. The van der Waals surface area contributed by atoms with E-state index < -0.39 is 16.9 Å². The summed E-state index contributed by atoms with van der Waals surface area (Å²) in [5.41, 5.74) is 0.408. The van der Waals surface area contributed by atoms with Crippen molar-refractivity contribution in [1.82, 2.24) is 0 Å². The van der Waals surface area contributed by atoms with Crippen molar-refractivity contribution in [2.24, 2.45) is 4.99 Å². The van der Waals surface area contributed by atoms with Crippen molar-refractivity contribution in [3.8, 4) is 11.5 Å². The molecule has 0 fully saturated rings. The third kappa shape index (κ3) is 4.60. The Morgan fingerprint density at radius 3 is 2.70 bits per heavy atom. The molecule has 0 saturated carbocycles. The van der Waals surface area contributed by atoms with Gasteiger partial charge in [0.1, 0.15) is 0 Å². The Labute approximate surface area is 188 Å². The number of cyclic esters (lactones) is 1. The predicted molar refractivity (Wildman–Crippen MR) is 116 cm³/mol. The molecule has 3 rings (SSSR count). The summed E-state index contributed by atoms with van der Waals surface area (Å²) in [6, 6.07) is 6.97. The van der Waals surface area contributed by atoms with Gasteiger partial charge in [0.05, 0.1) is 26.2 Å². The molecule has 0 amide bonds. The van der Waals surface area contributed by atoms with E-state index in [1.807, 2.05) is 22.6 Å². The highest BCUT2D eigenvalue weighted by atomic mass is 127. The lowest BCUT2D eigenvalue weighted by Crippen LogP contribution is -2.06. The van der Waals surface area contributed by atoms with Crippen LogP contribution < -0.4 is 9.47 Å². The Kier molecular flexibility index (Phi) is 6.37. The predicted octanol–water partition coefficient (Wildman–Crippen LogP) is 4.13. The number of nitrogens with zero attached hydrogens (tertiary/aromatic N) is 2. The van der Waals surface area contributed by atoms with Gasteiger partial charge < -0.3 is 14.2 Å². The molecular weight excluding hydrogens is 531 g/mol. The molecule has 0 N–H and O–H groups in total. The van der Waals surface area contributed by atoms with E-state index in [0.717, 1.165) is 0 Å². The molecule has 0 atom stereocenters. The minimum Gasteiger partial charge on any atom is -0.493 e. The second-order valence-electron chi connectivity index (χ2n) is 5.89. The molecule has 1 heterocycles. The van der Waals surface area contributed by atoms with Gasteiger partial charge in [-0.1, -0.05) is 11.6 Å². The van der Waals surface area contributed by atoms with Crippen LogP contribution in [-0.2, 0) is 14.3 Å². The Morgan fingerprint density at radius 2 is 2.07 bits per heavy atom. The molecule has 30 heavy (non-hydrogen) atoms. The maximum absolute atomic E-state index is 12.3. The van der Waals surface area contributed by atoms with Crippen molar-refractivity contribution >= 4 is 63.8 Å². The van der Waals surface area contributed by atoms with Crippen molar-refractivity contribution < 1.29 is 28.7 Å². The van der Waals surface area contributed by atoms with Gasteiger partial charge in [-0.2, -0.15) is 0 Å². The maximum atomic E-state index is 12.3. The number of nitro benzene ring substituents is 1. The normalized spacial score (nSPS) is 14.3. The van der Waals surface area contributed by atoms with Crippen LogP contribution in [0.5, 0.6) is 11.5 Å². The molecule has 0 aromatic heterocycles. The van der Waals surface area contributed by atoms with Gasteiger partial charge in [-0.05, 0) is 52.4 Å². The number of carbonyl (C=O) groups excluding carboxylic acids is 2. The van der Waals surface area contributed by atoms with Crippen molar-refractivity contribution in [1.29, 1.82) is 0 Å². The van der Waals surface area contributed by atoms with E-state index in [4.69, 9.17) is 25.8 Å². The average Bonchev–Trinajstić information content (AvgIpc) is 3.03. The molecule has 2 aromatic rings. The number of benzene rings is 2. The number of esters is 2. The first kappa shape index (κ1) is 21.7. The average molecular weight is 543 g/mol. The van der Waals surface area contributed by atoms with E-state index in [0.29, 0.717) is 14.9 Å². The molecule has 1 aliphatic rings. The number of aliphatic imine (C=N–C) groups is 1. The zero-order valence-electron chi connectivity index (χ0n) is 15.5. The van der Waals surface area contributed by atoms with E-state index in [1.54, 1.807) is 12.1 Å². The van der Waals surface area contributed by atoms with Crippen LogP contribution in [0, 0.1) is 13.7 Å². The minimum absolute atomic E-state index is 0.0364. The smallest absolute Gasteiger partial charge is 0.363 e. The Bertz CT molecular complexity index is 1140. The number of nitro groups is 1. The summed E-state index contributed by atoms with van der Waals surface area (Å²) in [6.07, 6.45) is 1.45. The third-order valence-electron chi connectivity index (χ3n) is 3.81. The first-order valence-corrected chi connectivity index (χ1v) is 9.68. The van der Waals surface area contributed by atoms with E-state index in [-0.39, 0.29) is 33.6 Å². The molecule has 0 aliphatic carbocycles. The van der Waals surface area contributed by atoms with Gasteiger partial charge in [0.25, 0.3) is 5.69 Å². The summed E-state index contributed by atoms with van der Waals surface area (Å²) >= 11 is 8.05. The fraction of sp³-hybridized carbons (Fsp3) is 0.105. The molecule has 154 valence electrons. The van der Waals surface area contributed by atoms with E-state index in [1.165, 1.54) is 38.3 Å². The summed E-state index contributed by atoms with van der Waals surface area (Å²) in [5.74, 6) is -0.834. The van der Waals surface area contributed by atoms with Crippen molar-refractivity contribution in [3.63, 3.8) is 0 Å². The highest BCUT2D eigenvalue weighted by Crippen LogP contribution is 2.35. The minimum atomic E-state index is -0.745. The number of non-ortho nitro benzene ring substituents is 1. The zero-order valence-corrected chi connectivity index (χ0v) is 18.4. The maximum Gasteiger partial charge on any atom is 0.363 e. The first-order chi connectivity index (χ1) is 14.2. The SMILES string of the molecule is COc1cc(/C=C2/N=C(c3cc([N+](=O)[O-])ccc3Cl)OC2=O)cc(I)c1OC(C)=O. The molecule has 0 unspecified atom stereocenters. The Morgan fingerprint density at radius 1 is 1.33 bits per heavy atom. The largest absolute Gasteiger partial charge is 0.493 e. The van der Waals surface area contributed by atoms with Crippen molar-refractivity contribution in [2.45, 2.75) is 6.92 Å². The number of hydrogen-bond acceptors (Lipinski definition) is 8. The van der Waals surface area contributed by atoms with Crippen LogP contribution in [0.15, 0.2) is 41.0 Å². The molecule has 2 aromatic carbocycles. The monoisotopic (exact) mass is 542 g/mol. The highest BCUT2D eigenvalue weighted by Gasteiger charge is 2.27. The van der Waals surface area contributed by atoms with Crippen LogP contribution in [0.2, 0.25) is 5.02 Å². The molecular formula is C19H12ClIN2O7. The number of carbonyl (C=O) groups is 2.